The number of aromatic nitrogens is 2. The molecular formula is C18H24N4O3S. The predicted octanol–water partition coefficient (Wildman–Crippen LogP) is 2.64. The third-order valence-electron chi connectivity index (χ3n) is 4.54. The zero-order valence-electron chi connectivity index (χ0n) is 15.1. The minimum absolute atomic E-state index is 0.000765. The number of likely N-dealkylation sites (tertiary alicyclic amines) is 1. The smallest absolute Gasteiger partial charge is 0.265 e. The molecule has 2 heterocycles. The third kappa shape index (κ3) is 3.90. The number of hydrogen-bond donors (Lipinski definition) is 1. The fraction of sp³-hybridized carbons (Fsp3) is 0.444. The van der Waals surface area contributed by atoms with Gasteiger partial charge in [-0.15, -0.1) is 0 Å². The van der Waals surface area contributed by atoms with Crippen LogP contribution in [0.25, 0.3) is 0 Å². The summed E-state index contributed by atoms with van der Waals surface area (Å²) in [4.78, 5) is 14.5. The molecule has 2 aromatic rings. The van der Waals surface area contributed by atoms with Crippen LogP contribution in [0.3, 0.4) is 0 Å². The highest BCUT2D eigenvalue weighted by Gasteiger charge is 2.21. The van der Waals surface area contributed by atoms with Gasteiger partial charge in [-0.05, 0) is 57.4 Å². The average Bonchev–Trinajstić information content (AvgIpc) is 3.04. The number of nitrogens with one attached hydrogen (secondary N) is 1. The van der Waals surface area contributed by atoms with E-state index in [0.29, 0.717) is 23.5 Å². The number of benzene rings is 1. The summed E-state index contributed by atoms with van der Waals surface area (Å²) in [6, 6.07) is 6.57. The van der Waals surface area contributed by atoms with E-state index in [1.807, 2.05) is 11.8 Å². The predicted molar refractivity (Wildman–Crippen MR) is 99.6 cm³/mol. The number of carbonyl (C=O) groups excluding carboxylic acids is 1. The molecule has 0 atom stereocenters. The van der Waals surface area contributed by atoms with Crippen LogP contribution >= 0.6 is 0 Å². The SMILES string of the molecule is CCn1cc(S(=O)(=O)Nc2ccc(C(=O)N3CCCCC3)cc2)c(C)n1. The molecule has 0 aliphatic carbocycles. The molecule has 1 aromatic heterocycles. The van der Waals surface area contributed by atoms with Crippen molar-refractivity contribution in [2.75, 3.05) is 17.8 Å². The Kier molecular flexibility index (Phi) is 5.31. The number of sulfonamides is 1. The molecular weight excluding hydrogens is 352 g/mol. The molecule has 8 heteroatoms. The van der Waals surface area contributed by atoms with Gasteiger partial charge >= 0.3 is 0 Å². The number of hydrogen-bond acceptors (Lipinski definition) is 4. The molecule has 1 amide bonds. The van der Waals surface area contributed by atoms with E-state index in [2.05, 4.69) is 9.82 Å². The number of amides is 1. The maximum absolute atomic E-state index is 12.6. The Balaban J connectivity index is 1.74. The van der Waals surface area contributed by atoms with Gasteiger partial charge in [-0.25, -0.2) is 8.42 Å². The second-order valence-corrected chi connectivity index (χ2v) is 8.12. The molecule has 1 saturated heterocycles. The zero-order valence-corrected chi connectivity index (χ0v) is 15.9. The van der Waals surface area contributed by atoms with Gasteiger partial charge < -0.3 is 4.90 Å². The molecule has 1 fully saturated rings. The molecule has 0 radical (unpaired) electrons. The summed E-state index contributed by atoms with van der Waals surface area (Å²) in [5, 5.41) is 4.17. The highest BCUT2D eigenvalue weighted by Crippen LogP contribution is 2.20. The molecule has 7 nitrogen and oxygen atoms in total. The van der Waals surface area contributed by atoms with Gasteiger partial charge in [-0.1, -0.05) is 0 Å². The summed E-state index contributed by atoms with van der Waals surface area (Å²) in [5.41, 5.74) is 1.45. The number of carbonyl (C=O) groups is 1. The lowest BCUT2D eigenvalue weighted by Crippen LogP contribution is -2.35. The van der Waals surface area contributed by atoms with Gasteiger partial charge in [-0.3, -0.25) is 14.2 Å². The Morgan fingerprint density at radius 1 is 1.15 bits per heavy atom. The number of anilines is 1. The normalized spacial score (nSPS) is 15.1. The standard InChI is InChI=1S/C18H24N4O3S/c1-3-22-13-17(14(2)19-22)26(24,25)20-16-9-7-15(8-10-16)18(23)21-11-5-4-6-12-21/h7-10,13,20H,3-6,11-12H2,1-2H3. The molecule has 26 heavy (non-hydrogen) atoms. The fourth-order valence-electron chi connectivity index (χ4n) is 3.10. The van der Waals surface area contributed by atoms with E-state index in [9.17, 15) is 13.2 Å². The molecule has 0 unspecified atom stereocenters. The molecule has 1 aliphatic rings. The van der Waals surface area contributed by atoms with Gasteiger partial charge in [-0.2, -0.15) is 5.10 Å². The van der Waals surface area contributed by atoms with Gasteiger partial charge in [0.05, 0.1) is 5.69 Å². The maximum Gasteiger partial charge on any atom is 0.265 e. The Morgan fingerprint density at radius 2 is 1.81 bits per heavy atom. The van der Waals surface area contributed by atoms with Gasteiger partial charge in [0.15, 0.2) is 0 Å². The summed E-state index contributed by atoms with van der Waals surface area (Å²) in [6.07, 6.45) is 4.76. The summed E-state index contributed by atoms with van der Waals surface area (Å²) in [7, 11) is -3.72. The lowest BCUT2D eigenvalue weighted by Gasteiger charge is -2.26. The number of aryl methyl sites for hydroxylation is 2. The number of rotatable bonds is 5. The van der Waals surface area contributed by atoms with E-state index >= 15 is 0 Å². The first kappa shape index (κ1) is 18.4. The topological polar surface area (TPSA) is 84.3 Å². The van der Waals surface area contributed by atoms with Crippen LogP contribution in [0.1, 0.15) is 42.2 Å². The molecule has 0 bridgehead atoms. The monoisotopic (exact) mass is 376 g/mol. The fourth-order valence-corrected chi connectivity index (χ4v) is 4.34. The van der Waals surface area contributed by atoms with Crippen molar-refractivity contribution in [2.45, 2.75) is 44.6 Å². The van der Waals surface area contributed by atoms with Crippen molar-refractivity contribution in [3.05, 3.63) is 41.7 Å². The molecule has 0 spiro atoms. The van der Waals surface area contributed by atoms with Crippen LogP contribution in [0.2, 0.25) is 0 Å². The van der Waals surface area contributed by atoms with E-state index in [-0.39, 0.29) is 10.8 Å². The van der Waals surface area contributed by atoms with Crippen LogP contribution in [0, 0.1) is 6.92 Å². The van der Waals surface area contributed by atoms with Crippen molar-refractivity contribution >= 4 is 21.6 Å². The first-order valence-electron chi connectivity index (χ1n) is 8.87. The van der Waals surface area contributed by atoms with Crippen molar-refractivity contribution < 1.29 is 13.2 Å². The highest BCUT2D eigenvalue weighted by molar-refractivity contribution is 7.92. The Labute approximate surface area is 154 Å². The van der Waals surface area contributed by atoms with Gasteiger partial charge in [0.25, 0.3) is 15.9 Å². The third-order valence-corrected chi connectivity index (χ3v) is 6.03. The lowest BCUT2D eigenvalue weighted by molar-refractivity contribution is 0.0724. The van der Waals surface area contributed by atoms with Gasteiger partial charge in [0.1, 0.15) is 4.90 Å². The van der Waals surface area contributed by atoms with Gasteiger partial charge in [0.2, 0.25) is 0 Å². The minimum atomic E-state index is -3.72. The summed E-state index contributed by atoms with van der Waals surface area (Å²) in [5.74, 6) is -0.000765. The average molecular weight is 376 g/mol. The second kappa shape index (κ2) is 7.49. The molecule has 1 N–H and O–H groups in total. The van der Waals surface area contributed by atoms with Crippen molar-refractivity contribution in [3.63, 3.8) is 0 Å². The summed E-state index contributed by atoms with van der Waals surface area (Å²) in [6.45, 7) is 5.74. The van der Waals surface area contributed by atoms with Crippen LogP contribution < -0.4 is 4.72 Å². The van der Waals surface area contributed by atoms with Crippen LogP contribution in [0.4, 0.5) is 5.69 Å². The zero-order chi connectivity index (χ0) is 18.7. The summed E-state index contributed by atoms with van der Waals surface area (Å²) >= 11 is 0. The molecule has 0 saturated carbocycles. The van der Waals surface area contributed by atoms with E-state index in [4.69, 9.17) is 0 Å². The Hall–Kier alpha value is -2.35. The quantitative estimate of drug-likeness (QED) is 0.869. The Morgan fingerprint density at radius 3 is 2.38 bits per heavy atom. The van der Waals surface area contributed by atoms with Crippen LogP contribution in [0.5, 0.6) is 0 Å². The van der Waals surface area contributed by atoms with Crippen LogP contribution in [0.15, 0.2) is 35.4 Å². The number of piperidine rings is 1. The van der Waals surface area contributed by atoms with Crippen molar-refractivity contribution in [2.24, 2.45) is 0 Å². The van der Waals surface area contributed by atoms with E-state index < -0.39 is 10.0 Å². The van der Waals surface area contributed by atoms with Crippen LogP contribution in [-0.2, 0) is 16.6 Å². The van der Waals surface area contributed by atoms with Crippen LogP contribution in [-0.4, -0.2) is 42.1 Å². The molecule has 1 aliphatic heterocycles. The van der Waals surface area contributed by atoms with Crippen molar-refractivity contribution in [3.8, 4) is 0 Å². The molecule has 1 aromatic carbocycles. The molecule has 3 rings (SSSR count). The van der Waals surface area contributed by atoms with E-state index in [0.717, 1.165) is 25.9 Å². The minimum Gasteiger partial charge on any atom is -0.339 e. The first-order valence-corrected chi connectivity index (χ1v) is 10.4. The largest absolute Gasteiger partial charge is 0.339 e. The van der Waals surface area contributed by atoms with E-state index in [1.54, 1.807) is 35.9 Å². The maximum atomic E-state index is 12.6. The highest BCUT2D eigenvalue weighted by atomic mass is 32.2. The number of nitrogens with zero attached hydrogens (tertiary/aromatic N) is 3. The molecule has 140 valence electrons. The second-order valence-electron chi connectivity index (χ2n) is 6.47. The lowest BCUT2D eigenvalue weighted by atomic mass is 10.1. The van der Waals surface area contributed by atoms with Crippen molar-refractivity contribution in [1.82, 2.24) is 14.7 Å². The van der Waals surface area contributed by atoms with E-state index in [1.165, 1.54) is 12.6 Å². The summed E-state index contributed by atoms with van der Waals surface area (Å²) < 4.78 is 29.3. The Bertz CT molecular complexity index is 882. The first-order chi connectivity index (χ1) is 12.4. The van der Waals surface area contributed by atoms with Gasteiger partial charge in [0, 0.05) is 37.1 Å². The van der Waals surface area contributed by atoms with Crippen molar-refractivity contribution in [1.29, 1.82) is 0 Å².